The zero-order valence-electron chi connectivity index (χ0n) is 11.8. The number of hydrogen-bond donors (Lipinski definition) is 1. The fraction of sp³-hybridized carbons (Fsp3) is 1.00. The molecule has 0 heterocycles. The Hall–Kier alpha value is 0.639. The van der Waals surface area contributed by atoms with Gasteiger partial charge in [-0.2, -0.15) is 0 Å². The topological polar surface area (TPSA) is 21.8 Å². The molecule has 5 heteroatoms. The molecule has 0 aliphatic heterocycles. The Bertz CT molecular complexity index is 180. The summed E-state index contributed by atoms with van der Waals surface area (Å²) in [7, 11) is 15.3. The summed E-state index contributed by atoms with van der Waals surface area (Å²) < 4.78 is 7.51. The maximum absolute atomic E-state index is 3.49. The van der Waals surface area contributed by atoms with Crippen LogP contribution < -0.4 is 5.32 Å². The molecule has 0 fully saturated rings. The molecular formula is C10H28N4Sn. The van der Waals surface area contributed by atoms with Crippen LogP contribution in [0.4, 0.5) is 0 Å². The van der Waals surface area contributed by atoms with E-state index in [0.717, 1.165) is 0 Å². The summed E-state index contributed by atoms with van der Waals surface area (Å²) in [4.78, 5) is 0. The van der Waals surface area contributed by atoms with Gasteiger partial charge < -0.3 is 0 Å². The summed E-state index contributed by atoms with van der Waals surface area (Å²) in [6.07, 6.45) is 0. The van der Waals surface area contributed by atoms with Crippen molar-refractivity contribution >= 4 is 19.2 Å². The summed E-state index contributed by atoms with van der Waals surface area (Å²) in [5.74, 6) is 0. The third kappa shape index (κ3) is 2.49. The van der Waals surface area contributed by atoms with E-state index >= 15 is 0 Å². The second-order valence-electron chi connectivity index (χ2n) is 5.19. The molecule has 15 heavy (non-hydrogen) atoms. The molecule has 4 nitrogen and oxygen atoms in total. The van der Waals surface area contributed by atoms with E-state index in [-0.39, 0.29) is 3.55 Å². The quantitative estimate of drug-likeness (QED) is 0.727. The van der Waals surface area contributed by atoms with Gasteiger partial charge in [0.15, 0.2) is 0 Å². The summed E-state index contributed by atoms with van der Waals surface area (Å²) in [5.41, 5.74) is 0. The third-order valence-electron chi connectivity index (χ3n) is 3.33. The molecule has 0 radical (unpaired) electrons. The Morgan fingerprint density at radius 1 is 0.800 bits per heavy atom. The molecule has 92 valence electrons. The van der Waals surface area contributed by atoms with Crippen molar-refractivity contribution in [2.24, 2.45) is 0 Å². The fourth-order valence-corrected chi connectivity index (χ4v) is 20.4. The van der Waals surface area contributed by atoms with Gasteiger partial charge in [-0.05, 0) is 0 Å². The Balaban J connectivity index is 5.53. The normalized spacial score (nSPS) is 14.4. The van der Waals surface area contributed by atoms with Crippen molar-refractivity contribution < 1.29 is 0 Å². The average molecular weight is 323 g/mol. The predicted octanol–water partition coefficient (Wildman–Crippen LogP) is 0.147. The first-order valence-electron chi connectivity index (χ1n) is 5.35. The number of nitrogens with one attached hydrogen (secondary N) is 1. The van der Waals surface area contributed by atoms with Crippen LogP contribution in [-0.2, 0) is 0 Å². The van der Waals surface area contributed by atoms with E-state index in [1.165, 1.54) is 0 Å². The molecule has 1 N–H and O–H groups in total. The van der Waals surface area contributed by atoms with Crippen LogP contribution in [0.25, 0.3) is 0 Å². The van der Waals surface area contributed by atoms with Crippen molar-refractivity contribution in [1.82, 2.24) is 14.7 Å². The summed E-state index contributed by atoms with van der Waals surface area (Å²) in [6.45, 7) is 4.62. The number of rotatable bonds is 5. The van der Waals surface area contributed by atoms with Gasteiger partial charge in [-0.3, -0.25) is 0 Å². The van der Waals surface area contributed by atoms with Crippen LogP contribution >= 0.6 is 0 Å². The van der Waals surface area contributed by atoms with Crippen LogP contribution in [0.2, 0.25) is 0 Å². The van der Waals surface area contributed by atoms with E-state index in [4.69, 9.17) is 0 Å². The van der Waals surface area contributed by atoms with Crippen molar-refractivity contribution in [1.29, 1.82) is 0 Å². The molecule has 0 aromatic heterocycles. The van der Waals surface area contributed by atoms with Crippen LogP contribution in [-0.4, -0.2) is 81.4 Å². The van der Waals surface area contributed by atoms with Gasteiger partial charge in [0, 0.05) is 0 Å². The van der Waals surface area contributed by atoms with Crippen LogP contribution in [0.15, 0.2) is 0 Å². The first-order chi connectivity index (χ1) is 6.64. The molecule has 0 unspecified atom stereocenters. The van der Waals surface area contributed by atoms with Gasteiger partial charge in [-0.25, -0.2) is 0 Å². The second-order valence-corrected chi connectivity index (χ2v) is 20.0. The Morgan fingerprint density at radius 3 is 1.13 bits per heavy atom. The molecule has 0 rings (SSSR count). The van der Waals surface area contributed by atoms with Crippen molar-refractivity contribution in [3.05, 3.63) is 0 Å². The molecule has 0 spiro atoms. The minimum atomic E-state index is -2.74. The van der Waals surface area contributed by atoms with Gasteiger partial charge in [0.1, 0.15) is 0 Å². The van der Waals surface area contributed by atoms with E-state index < -0.39 is 19.2 Å². The number of nitrogens with zero attached hydrogens (tertiary/aromatic N) is 3. The van der Waals surface area contributed by atoms with Gasteiger partial charge in [-0.1, -0.05) is 0 Å². The van der Waals surface area contributed by atoms with E-state index in [2.05, 4.69) is 77.9 Å². The van der Waals surface area contributed by atoms with Crippen LogP contribution in [0.1, 0.15) is 13.8 Å². The molecule has 0 bridgehead atoms. The van der Waals surface area contributed by atoms with Crippen molar-refractivity contribution in [3.8, 4) is 0 Å². The zero-order valence-corrected chi connectivity index (χ0v) is 14.7. The standard InChI is InChI=1S/C4H10N.3C2H6N.Sn/c1-4(2)5-3;3*1-3-2;/h5H,1-3H3;3*1-2H3;/q;3*-1;+3. The Kier molecular flexibility index (Phi) is 5.54. The van der Waals surface area contributed by atoms with E-state index in [0.29, 0.717) is 0 Å². The summed E-state index contributed by atoms with van der Waals surface area (Å²) >= 11 is -2.74. The average Bonchev–Trinajstić information content (AvgIpc) is 2.02. The zero-order chi connectivity index (χ0) is 12.4. The van der Waals surface area contributed by atoms with Gasteiger partial charge in [0.05, 0.1) is 0 Å². The molecule has 0 aromatic rings. The van der Waals surface area contributed by atoms with Gasteiger partial charge >= 0.3 is 101 Å². The molecule has 0 saturated carbocycles. The minimum absolute atomic E-state index is 0.158. The van der Waals surface area contributed by atoms with Crippen LogP contribution in [0.3, 0.4) is 0 Å². The molecule has 0 saturated heterocycles. The van der Waals surface area contributed by atoms with E-state index in [1.54, 1.807) is 0 Å². The number of hydrogen-bond acceptors (Lipinski definition) is 4. The van der Waals surface area contributed by atoms with E-state index in [1.807, 2.05) is 0 Å². The Labute approximate surface area is 101 Å². The molecule has 0 aliphatic carbocycles. The summed E-state index contributed by atoms with van der Waals surface area (Å²) in [6, 6.07) is 0. The van der Waals surface area contributed by atoms with Gasteiger partial charge in [0.2, 0.25) is 0 Å². The van der Waals surface area contributed by atoms with Crippen molar-refractivity contribution in [2.75, 3.05) is 49.3 Å². The molecule has 0 aromatic carbocycles. The second kappa shape index (κ2) is 5.31. The van der Waals surface area contributed by atoms with E-state index in [9.17, 15) is 0 Å². The summed E-state index contributed by atoms with van der Waals surface area (Å²) in [5, 5.41) is 3.49. The predicted molar refractivity (Wildman–Crippen MR) is 70.0 cm³/mol. The first-order valence-corrected chi connectivity index (χ1v) is 10.6. The van der Waals surface area contributed by atoms with Crippen LogP contribution in [0.5, 0.6) is 0 Å². The maximum atomic E-state index is 3.49. The fourth-order valence-electron chi connectivity index (χ4n) is 3.04. The monoisotopic (exact) mass is 324 g/mol. The first kappa shape index (κ1) is 15.6. The Morgan fingerprint density at radius 2 is 1.07 bits per heavy atom. The van der Waals surface area contributed by atoms with Gasteiger partial charge in [-0.15, -0.1) is 0 Å². The van der Waals surface area contributed by atoms with Crippen LogP contribution in [0, 0.1) is 0 Å². The third-order valence-corrected chi connectivity index (χ3v) is 19.5. The molecular weight excluding hydrogens is 295 g/mol. The molecule has 0 atom stereocenters. The van der Waals surface area contributed by atoms with Crippen molar-refractivity contribution in [2.45, 2.75) is 17.4 Å². The molecule has 0 amide bonds. The molecule has 0 aliphatic rings. The SMILES string of the molecule is CN[C](C)(C)[Sn]([N](C)C)([N](C)C)[N](C)C. The van der Waals surface area contributed by atoms with Gasteiger partial charge in [0.25, 0.3) is 0 Å². The van der Waals surface area contributed by atoms with Crippen molar-refractivity contribution in [3.63, 3.8) is 0 Å².